The number of nitrogens with one attached hydrogen (secondary N) is 1. The van der Waals surface area contributed by atoms with Crippen molar-refractivity contribution in [1.29, 1.82) is 0 Å². The lowest BCUT2D eigenvalue weighted by Crippen LogP contribution is -2.15. The lowest BCUT2D eigenvalue weighted by molar-refractivity contribution is -0.110. The number of aldehydes is 1. The van der Waals surface area contributed by atoms with Crippen LogP contribution < -0.4 is 10.1 Å². The summed E-state index contributed by atoms with van der Waals surface area (Å²) in [5, 5.41) is 2.73. The Morgan fingerprint density at radius 3 is 2.00 bits per heavy atom. The van der Waals surface area contributed by atoms with Gasteiger partial charge in [0.25, 0.3) is 0 Å². The zero-order valence-corrected chi connectivity index (χ0v) is 17.5. The molecule has 0 heterocycles. The molecule has 1 aromatic rings. The van der Waals surface area contributed by atoms with E-state index in [4.69, 9.17) is 18.9 Å². The molecule has 1 unspecified atom stereocenters. The first-order chi connectivity index (χ1) is 14.3. The van der Waals surface area contributed by atoms with Crippen LogP contribution in [0.1, 0.15) is 50.6 Å². The first-order valence-electron chi connectivity index (χ1n) is 10.4. The van der Waals surface area contributed by atoms with Crippen molar-refractivity contribution < 1.29 is 28.5 Å². The molecule has 0 bridgehead atoms. The van der Waals surface area contributed by atoms with Gasteiger partial charge in [-0.3, -0.25) is 4.79 Å². The van der Waals surface area contributed by atoms with Gasteiger partial charge in [0.2, 0.25) is 6.41 Å². The van der Waals surface area contributed by atoms with Crippen LogP contribution in [0.3, 0.4) is 0 Å². The fourth-order valence-corrected chi connectivity index (χ4v) is 2.57. The molecule has 0 aromatic heterocycles. The number of carbonyl (C=O) groups excluding carboxylic acids is 2. The summed E-state index contributed by atoms with van der Waals surface area (Å²) in [5.41, 5.74) is 1.05. The smallest absolute Gasteiger partial charge is 0.207 e. The van der Waals surface area contributed by atoms with Crippen molar-refractivity contribution in [2.24, 2.45) is 0 Å². The lowest BCUT2D eigenvalue weighted by atomic mass is 10.1. The maximum absolute atomic E-state index is 10.5. The molecule has 164 valence electrons. The molecular formula is C22H35NO6. The van der Waals surface area contributed by atoms with Crippen molar-refractivity contribution >= 4 is 12.7 Å². The van der Waals surface area contributed by atoms with Gasteiger partial charge in [-0.15, -0.1) is 0 Å². The first kappa shape index (κ1) is 25.1. The summed E-state index contributed by atoms with van der Waals surface area (Å²) in [6.45, 7) is 6.04. The Morgan fingerprint density at radius 2 is 1.38 bits per heavy atom. The van der Waals surface area contributed by atoms with Crippen molar-refractivity contribution in [1.82, 2.24) is 5.32 Å². The van der Waals surface area contributed by atoms with E-state index < -0.39 is 0 Å². The van der Waals surface area contributed by atoms with E-state index in [0.717, 1.165) is 49.9 Å². The van der Waals surface area contributed by atoms with Crippen LogP contribution in [0.15, 0.2) is 24.3 Å². The van der Waals surface area contributed by atoms with E-state index in [1.807, 2.05) is 31.2 Å². The summed E-state index contributed by atoms with van der Waals surface area (Å²) in [5.74, 6) is 0.851. The minimum atomic E-state index is 0.00331. The van der Waals surface area contributed by atoms with E-state index in [1.165, 1.54) is 0 Å². The standard InChI is InChI=1S/C22H35NO6/c1-20(23-19-25)21-7-9-22(10-8-21)29-14-5-3-2-4-12-26-15-17-28-18-16-27-13-6-11-24/h7-11,19-20H,2-6,12-18H2,1H3,(H,23,25). The number of hydrogen-bond acceptors (Lipinski definition) is 6. The summed E-state index contributed by atoms with van der Waals surface area (Å²) >= 11 is 0. The highest BCUT2D eigenvalue weighted by Crippen LogP contribution is 2.17. The molecule has 0 spiro atoms. The van der Waals surface area contributed by atoms with Gasteiger partial charge in [-0.05, 0) is 43.9 Å². The van der Waals surface area contributed by atoms with Crippen molar-refractivity contribution in [2.75, 3.05) is 46.2 Å². The normalized spacial score (nSPS) is 11.8. The van der Waals surface area contributed by atoms with Gasteiger partial charge in [-0.2, -0.15) is 0 Å². The van der Waals surface area contributed by atoms with Gasteiger partial charge in [0.05, 0.1) is 45.7 Å². The lowest BCUT2D eigenvalue weighted by Gasteiger charge is -2.12. The molecule has 0 aliphatic carbocycles. The highest BCUT2D eigenvalue weighted by molar-refractivity contribution is 5.49. The second-order valence-electron chi connectivity index (χ2n) is 6.63. The molecular weight excluding hydrogens is 374 g/mol. The Kier molecular flexibility index (Phi) is 15.6. The fraction of sp³-hybridized carbons (Fsp3) is 0.636. The molecule has 1 rings (SSSR count). The van der Waals surface area contributed by atoms with E-state index in [-0.39, 0.29) is 6.04 Å². The zero-order valence-electron chi connectivity index (χ0n) is 17.5. The van der Waals surface area contributed by atoms with Crippen LogP contribution in [0.25, 0.3) is 0 Å². The third-order valence-electron chi connectivity index (χ3n) is 4.27. The van der Waals surface area contributed by atoms with Crippen molar-refractivity contribution in [3.8, 4) is 5.75 Å². The minimum absolute atomic E-state index is 0.00331. The fourth-order valence-electron chi connectivity index (χ4n) is 2.57. The second-order valence-corrected chi connectivity index (χ2v) is 6.63. The summed E-state index contributed by atoms with van der Waals surface area (Å²) in [6.07, 6.45) is 6.26. The maximum atomic E-state index is 10.5. The van der Waals surface area contributed by atoms with Gasteiger partial charge in [0, 0.05) is 13.0 Å². The van der Waals surface area contributed by atoms with Crippen LogP contribution in [0.4, 0.5) is 0 Å². The Morgan fingerprint density at radius 1 is 0.793 bits per heavy atom. The van der Waals surface area contributed by atoms with Gasteiger partial charge >= 0.3 is 0 Å². The van der Waals surface area contributed by atoms with Crippen LogP contribution in [-0.4, -0.2) is 58.9 Å². The molecule has 0 saturated heterocycles. The topological polar surface area (TPSA) is 83.1 Å². The van der Waals surface area contributed by atoms with Crippen LogP contribution in [-0.2, 0) is 23.8 Å². The Hall–Kier alpha value is -1.96. The number of amides is 1. The van der Waals surface area contributed by atoms with Crippen LogP contribution in [0.5, 0.6) is 5.75 Å². The van der Waals surface area contributed by atoms with Crippen molar-refractivity contribution in [2.45, 2.75) is 45.1 Å². The van der Waals surface area contributed by atoms with Crippen molar-refractivity contribution in [3.63, 3.8) is 0 Å². The molecule has 29 heavy (non-hydrogen) atoms. The highest BCUT2D eigenvalue weighted by Gasteiger charge is 2.03. The van der Waals surface area contributed by atoms with E-state index in [9.17, 15) is 9.59 Å². The predicted molar refractivity (Wildman–Crippen MR) is 111 cm³/mol. The number of ether oxygens (including phenoxy) is 4. The monoisotopic (exact) mass is 409 g/mol. The summed E-state index contributed by atoms with van der Waals surface area (Å²) < 4.78 is 21.9. The van der Waals surface area contributed by atoms with E-state index >= 15 is 0 Å². The Bertz CT molecular complexity index is 523. The SMILES string of the molecule is CC(NC=O)c1ccc(OCCCCCCOCCOCCOCCC=O)cc1. The molecule has 0 fully saturated rings. The van der Waals surface area contributed by atoms with E-state index in [0.29, 0.717) is 52.5 Å². The average molecular weight is 410 g/mol. The van der Waals surface area contributed by atoms with Crippen LogP contribution in [0, 0.1) is 0 Å². The van der Waals surface area contributed by atoms with Crippen LogP contribution >= 0.6 is 0 Å². The molecule has 1 atom stereocenters. The minimum Gasteiger partial charge on any atom is -0.494 e. The molecule has 7 heteroatoms. The molecule has 1 amide bonds. The molecule has 1 aromatic carbocycles. The van der Waals surface area contributed by atoms with E-state index in [1.54, 1.807) is 0 Å². The van der Waals surface area contributed by atoms with Crippen LogP contribution in [0.2, 0.25) is 0 Å². The third kappa shape index (κ3) is 13.8. The number of benzene rings is 1. The molecule has 0 aliphatic heterocycles. The van der Waals surface area contributed by atoms with Crippen molar-refractivity contribution in [3.05, 3.63) is 29.8 Å². The summed E-state index contributed by atoms with van der Waals surface area (Å²) in [4.78, 5) is 20.6. The summed E-state index contributed by atoms with van der Waals surface area (Å²) in [6, 6.07) is 7.82. The van der Waals surface area contributed by atoms with Gasteiger partial charge in [-0.25, -0.2) is 0 Å². The quantitative estimate of drug-likeness (QED) is 0.263. The molecule has 0 aliphatic rings. The summed E-state index contributed by atoms with van der Waals surface area (Å²) in [7, 11) is 0. The van der Waals surface area contributed by atoms with Gasteiger partial charge < -0.3 is 29.1 Å². The zero-order chi connectivity index (χ0) is 21.0. The number of hydrogen-bond donors (Lipinski definition) is 1. The molecule has 0 saturated carbocycles. The average Bonchev–Trinajstić information content (AvgIpc) is 2.74. The number of rotatable bonds is 20. The maximum Gasteiger partial charge on any atom is 0.207 e. The predicted octanol–water partition coefficient (Wildman–Crippen LogP) is 3.07. The van der Waals surface area contributed by atoms with E-state index in [2.05, 4.69) is 5.32 Å². The number of unbranched alkanes of at least 4 members (excludes halogenated alkanes) is 3. The molecule has 7 nitrogen and oxygen atoms in total. The van der Waals surface area contributed by atoms with Gasteiger partial charge in [0.15, 0.2) is 0 Å². The highest BCUT2D eigenvalue weighted by atomic mass is 16.5. The largest absolute Gasteiger partial charge is 0.494 e. The Labute approximate surface area is 174 Å². The Balaban J connectivity index is 1.86. The second kappa shape index (κ2) is 18.1. The third-order valence-corrected chi connectivity index (χ3v) is 4.27. The van der Waals surface area contributed by atoms with Gasteiger partial charge in [-0.1, -0.05) is 18.6 Å². The molecule has 1 N–H and O–H groups in total. The first-order valence-corrected chi connectivity index (χ1v) is 10.4. The van der Waals surface area contributed by atoms with Gasteiger partial charge in [0.1, 0.15) is 12.0 Å². The molecule has 0 radical (unpaired) electrons. The number of carbonyl (C=O) groups is 2.